The Morgan fingerprint density at radius 3 is 2.30 bits per heavy atom. The summed E-state index contributed by atoms with van der Waals surface area (Å²) in [6, 6.07) is 2.44. The topological polar surface area (TPSA) is 88.5 Å². The Labute approximate surface area is 212 Å². The molecule has 3 aliphatic rings. The number of anilines is 1. The largest absolute Gasteiger partial charge is 0.341 e. The lowest BCUT2D eigenvalue weighted by Gasteiger charge is -2.42. The van der Waals surface area contributed by atoms with Crippen molar-refractivity contribution in [2.24, 2.45) is 5.10 Å². The minimum atomic E-state index is -0.775. The Balaban J connectivity index is 1.22. The zero-order valence-corrected chi connectivity index (χ0v) is 20.5. The van der Waals surface area contributed by atoms with Crippen LogP contribution in [0.15, 0.2) is 29.5 Å². The number of benzene rings is 1. The van der Waals surface area contributed by atoms with Gasteiger partial charge in [-0.1, -0.05) is 0 Å². The van der Waals surface area contributed by atoms with Crippen molar-refractivity contribution in [2.75, 3.05) is 58.3 Å². The van der Waals surface area contributed by atoms with Crippen LogP contribution in [0.5, 0.6) is 0 Å². The fourth-order valence-electron chi connectivity index (χ4n) is 4.64. The van der Waals surface area contributed by atoms with E-state index in [9.17, 15) is 22.8 Å². The predicted octanol–water partition coefficient (Wildman–Crippen LogP) is 1.95. The second-order valence-corrected chi connectivity index (χ2v) is 9.55. The van der Waals surface area contributed by atoms with Gasteiger partial charge in [-0.2, -0.15) is 5.10 Å². The normalized spacial score (nSPS) is 20.1. The Kier molecular flexibility index (Phi) is 6.71. The lowest BCUT2D eigenvalue weighted by atomic mass is 10.0. The first-order valence-electron chi connectivity index (χ1n) is 12.0. The van der Waals surface area contributed by atoms with Crippen molar-refractivity contribution in [1.29, 1.82) is 0 Å². The molecule has 196 valence electrons. The summed E-state index contributed by atoms with van der Waals surface area (Å²) in [5.74, 6) is -2.46. The number of likely N-dealkylation sites (N-methyl/N-ethyl adjacent to an activating group) is 1. The first-order chi connectivity index (χ1) is 17.7. The van der Waals surface area contributed by atoms with E-state index in [2.05, 4.69) is 15.1 Å². The van der Waals surface area contributed by atoms with E-state index in [4.69, 9.17) is 0 Å². The first-order valence-corrected chi connectivity index (χ1v) is 12.0. The van der Waals surface area contributed by atoms with Crippen LogP contribution in [0.25, 0.3) is 0 Å². The molecular formula is C24H27F3N8O2. The minimum absolute atomic E-state index is 0.217. The highest BCUT2D eigenvalue weighted by Crippen LogP contribution is 2.30. The summed E-state index contributed by atoms with van der Waals surface area (Å²) in [5.41, 5.74) is 0.0651. The SMILES string of the molecule is CN(C)C1CN(C(=O)c2nc(N3CCN(C(=O)N4N=CCC4c4cc(F)cc(F)c4)CC3)ncc2F)C1. The van der Waals surface area contributed by atoms with E-state index < -0.39 is 29.4 Å². The summed E-state index contributed by atoms with van der Waals surface area (Å²) in [5, 5.41) is 5.38. The number of nitrogens with zero attached hydrogens (tertiary/aromatic N) is 8. The van der Waals surface area contributed by atoms with Crippen molar-refractivity contribution in [3.63, 3.8) is 0 Å². The molecule has 3 aliphatic heterocycles. The number of halogens is 3. The van der Waals surface area contributed by atoms with E-state index in [0.717, 1.165) is 12.3 Å². The van der Waals surface area contributed by atoms with Crippen LogP contribution in [-0.4, -0.2) is 107 Å². The van der Waals surface area contributed by atoms with Crippen molar-refractivity contribution in [1.82, 2.24) is 29.7 Å². The number of rotatable bonds is 4. The molecule has 37 heavy (non-hydrogen) atoms. The molecule has 3 amide bonds. The molecule has 0 N–H and O–H groups in total. The van der Waals surface area contributed by atoms with Crippen LogP contribution in [0, 0.1) is 17.5 Å². The second kappa shape index (κ2) is 9.96. The maximum absolute atomic E-state index is 14.4. The number of likely N-dealkylation sites (tertiary alicyclic amines) is 1. The molecule has 5 rings (SSSR count). The van der Waals surface area contributed by atoms with Crippen LogP contribution >= 0.6 is 0 Å². The third-order valence-corrected chi connectivity index (χ3v) is 6.94. The third kappa shape index (κ3) is 4.95. The molecule has 0 spiro atoms. The minimum Gasteiger partial charge on any atom is -0.337 e. The smallest absolute Gasteiger partial charge is 0.337 e. The van der Waals surface area contributed by atoms with Crippen LogP contribution in [0.3, 0.4) is 0 Å². The number of hydrazone groups is 1. The molecule has 0 saturated carbocycles. The van der Waals surface area contributed by atoms with Crippen LogP contribution in [-0.2, 0) is 0 Å². The van der Waals surface area contributed by atoms with Gasteiger partial charge < -0.3 is 19.6 Å². The third-order valence-electron chi connectivity index (χ3n) is 6.94. The summed E-state index contributed by atoms with van der Waals surface area (Å²) in [7, 11) is 3.86. The van der Waals surface area contributed by atoms with Crippen molar-refractivity contribution in [3.8, 4) is 0 Å². The Hall–Kier alpha value is -3.74. The summed E-state index contributed by atoms with van der Waals surface area (Å²) in [6.45, 7) is 2.33. The van der Waals surface area contributed by atoms with Crippen molar-refractivity contribution >= 4 is 24.1 Å². The monoisotopic (exact) mass is 516 g/mol. The van der Waals surface area contributed by atoms with E-state index in [1.165, 1.54) is 17.1 Å². The standard InChI is InChI=1S/C24H27F3N8O2/c1-31(2)18-13-34(14-18)22(36)21-19(27)12-28-23(30-21)32-5-7-33(8-6-32)24(37)35-20(3-4-29-35)15-9-16(25)11-17(26)10-15/h4,9-12,18,20H,3,5-8,13-14H2,1-2H3. The fourth-order valence-corrected chi connectivity index (χ4v) is 4.64. The lowest BCUT2D eigenvalue weighted by molar-refractivity contribution is 0.0389. The molecule has 2 saturated heterocycles. The number of carbonyl (C=O) groups is 2. The molecule has 1 aromatic heterocycles. The average Bonchev–Trinajstić information content (AvgIpc) is 3.32. The van der Waals surface area contributed by atoms with E-state index in [-0.39, 0.29) is 23.7 Å². The van der Waals surface area contributed by atoms with E-state index >= 15 is 0 Å². The number of hydrogen-bond donors (Lipinski definition) is 0. The zero-order valence-electron chi connectivity index (χ0n) is 20.5. The van der Waals surface area contributed by atoms with E-state index in [1.807, 2.05) is 19.0 Å². The predicted molar refractivity (Wildman–Crippen MR) is 129 cm³/mol. The molecule has 13 heteroatoms. The maximum Gasteiger partial charge on any atom is 0.341 e. The molecular weight excluding hydrogens is 489 g/mol. The Bertz CT molecular complexity index is 1210. The number of aromatic nitrogens is 2. The summed E-state index contributed by atoms with van der Waals surface area (Å²) in [4.78, 5) is 41.1. The van der Waals surface area contributed by atoms with Crippen molar-refractivity contribution < 1.29 is 22.8 Å². The van der Waals surface area contributed by atoms with Gasteiger partial charge in [0.25, 0.3) is 5.91 Å². The number of piperazine rings is 1. The van der Waals surface area contributed by atoms with Gasteiger partial charge in [0.2, 0.25) is 5.95 Å². The molecule has 4 heterocycles. The molecule has 0 bridgehead atoms. The van der Waals surface area contributed by atoms with Crippen LogP contribution in [0.4, 0.5) is 23.9 Å². The number of urea groups is 1. The van der Waals surface area contributed by atoms with Crippen LogP contribution in [0.1, 0.15) is 28.5 Å². The number of amides is 3. The maximum atomic E-state index is 14.4. The van der Waals surface area contributed by atoms with Gasteiger partial charge in [-0.3, -0.25) is 4.79 Å². The van der Waals surface area contributed by atoms with Gasteiger partial charge >= 0.3 is 6.03 Å². The molecule has 1 atom stereocenters. The Morgan fingerprint density at radius 1 is 0.973 bits per heavy atom. The summed E-state index contributed by atoms with van der Waals surface area (Å²) in [6.07, 6.45) is 2.89. The highest BCUT2D eigenvalue weighted by Gasteiger charge is 2.36. The summed E-state index contributed by atoms with van der Waals surface area (Å²) < 4.78 is 41.9. The molecule has 0 aliphatic carbocycles. The van der Waals surface area contributed by atoms with Gasteiger partial charge in [0.05, 0.1) is 12.2 Å². The van der Waals surface area contributed by atoms with Gasteiger partial charge in [-0.05, 0) is 31.8 Å². The molecule has 1 aromatic carbocycles. The van der Waals surface area contributed by atoms with E-state index in [0.29, 0.717) is 51.3 Å². The highest BCUT2D eigenvalue weighted by atomic mass is 19.1. The first kappa shape index (κ1) is 24.9. The quantitative estimate of drug-likeness (QED) is 0.618. The highest BCUT2D eigenvalue weighted by molar-refractivity contribution is 5.93. The van der Waals surface area contributed by atoms with Gasteiger partial charge in [0, 0.05) is 64.0 Å². The van der Waals surface area contributed by atoms with Crippen molar-refractivity contribution in [3.05, 3.63) is 53.1 Å². The van der Waals surface area contributed by atoms with Gasteiger partial charge in [-0.15, -0.1) is 0 Å². The Morgan fingerprint density at radius 2 is 1.65 bits per heavy atom. The second-order valence-electron chi connectivity index (χ2n) is 9.55. The summed E-state index contributed by atoms with van der Waals surface area (Å²) >= 11 is 0. The molecule has 2 fully saturated rings. The fraction of sp³-hybridized carbons (Fsp3) is 0.458. The van der Waals surface area contributed by atoms with Gasteiger partial charge in [0.1, 0.15) is 11.6 Å². The zero-order chi connectivity index (χ0) is 26.3. The molecule has 1 unspecified atom stereocenters. The lowest BCUT2D eigenvalue weighted by Crippen LogP contribution is -2.59. The molecule has 0 radical (unpaired) electrons. The van der Waals surface area contributed by atoms with Crippen molar-refractivity contribution in [2.45, 2.75) is 18.5 Å². The van der Waals surface area contributed by atoms with E-state index in [1.54, 1.807) is 20.9 Å². The molecule has 10 nitrogen and oxygen atoms in total. The van der Waals surface area contributed by atoms with Gasteiger partial charge in [-0.25, -0.2) is 32.9 Å². The average molecular weight is 517 g/mol. The van der Waals surface area contributed by atoms with Crippen LogP contribution in [0.2, 0.25) is 0 Å². The number of carbonyl (C=O) groups excluding carboxylic acids is 2. The number of hydrogen-bond acceptors (Lipinski definition) is 7. The molecule has 2 aromatic rings. The van der Waals surface area contributed by atoms with Gasteiger partial charge in [0.15, 0.2) is 11.5 Å². The van der Waals surface area contributed by atoms with Crippen LogP contribution < -0.4 is 4.90 Å².